The standard InChI is InChI=1S/C17H26ClN3O2/c1-4-19-16(20-11-17(2)12-22-13-17)21(3)9-10-23-15-7-5-14(18)6-8-15/h5-8H,4,9-13H2,1-3H3,(H,19,20). The van der Waals surface area contributed by atoms with Crippen molar-refractivity contribution < 1.29 is 9.47 Å². The van der Waals surface area contributed by atoms with E-state index < -0.39 is 0 Å². The van der Waals surface area contributed by atoms with Gasteiger partial charge in [0.05, 0.1) is 26.3 Å². The topological polar surface area (TPSA) is 46.1 Å². The van der Waals surface area contributed by atoms with Crippen molar-refractivity contribution in [3.8, 4) is 5.75 Å². The van der Waals surface area contributed by atoms with Crippen LogP contribution >= 0.6 is 11.6 Å². The first-order valence-electron chi connectivity index (χ1n) is 7.98. The molecular formula is C17H26ClN3O2. The highest BCUT2D eigenvalue weighted by molar-refractivity contribution is 6.30. The summed E-state index contributed by atoms with van der Waals surface area (Å²) in [7, 11) is 2.02. The predicted octanol–water partition coefficient (Wildman–Crippen LogP) is 2.65. The second-order valence-corrected chi connectivity index (χ2v) is 6.63. The lowest BCUT2D eigenvalue weighted by Gasteiger charge is -2.37. The van der Waals surface area contributed by atoms with Crippen LogP contribution < -0.4 is 10.1 Å². The molecule has 1 aliphatic heterocycles. The maximum atomic E-state index is 5.86. The van der Waals surface area contributed by atoms with Crippen LogP contribution in [0.25, 0.3) is 0 Å². The van der Waals surface area contributed by atoms with Gasteiger partial charge in [-0.1, -0.05) is 18.5 Å². The Labute approximate surface area is 143 Å². The molecule has 5 nitrogen and oxygen atoms in total. The molecule has 1 saturated heterocycles. The number of halogens is 1. The van der Waals surface area contributed by atoms with Gasteiger partial charge in [0.1, 0.15) is 12.4 Å². The fourth-order valence-electron chi connectivity index (χ4n) is 2.21. The zero-order valence-electron chi connectivity index (χ0n) is 14.1. The molecular weight excluding hydrogens is 314 g/mol. The van der Waals surface area contributed by atoms with Gasteiger partial charge in [0.15, 0.2) is 5.96 Å². The Morgan fingerprint density at radius 3 is 2.65 bits per heavy atom. The average molecular weight is 340 g/mol. The molecule has 1 aromatic carbocycles. The van der Waals surface area contributed by atoms with Crippen molar-refractivity contribution in [2.45, 2.75) is 13.8 Å². The summed E-state index contributed by atoms with van der Waals surface area (Å²) in [6.07, 6.45) is 0. The summed E-state index contributed by atoms with van der Waals surface area (Å²) >= 11 is 5.86. The number of nitrogens with zero attached hydrogens (tertiary/aromatic N) is 2. The van der Waals surface area contributed by atoms with E-state index in [9.17, 15) is 0 Å². The smallest absolute Gasteiger partial charge is 0.193 e. The van der Waals surface area contributed by atoms with E-state index in [-0.39, 0.29) is 5.41 Å². The molecule has 0 unspecified atom stereocenters. The van der Waals surface area contributed by atoms with E-state index in [1.54, 1.807) is 0 Å². The minimum atomic E-state index is 0.182. The van der Waals surface area contributed by atoms with E-state index in [2.05, 4.69) is 24.1 Å². The van der Waals surface area contributed by atoms with Gasteiger partial charge in [0.25, 0.3) is 0 Å². The normalized spacial score (nSPS) is 16.6. The van der Waals surface area contributed by atoms with Gasteiger partial charge in [0.2, 0.25) is 0 Å². The number of hydrogen-bond donors (Lipinski definition) is 1. The van der Waals surface area contributed by atoms with Gasteiger partial charge in [-0.2, -0.15) is 0 Å². The number of hydrogen-bond acceptors (Lipinski definition) is 3. The van der Waals surface area contributed by atoms with Crippen LogP contribution in [0.1, 0.15) is 13.8 Å². The molecule has 0 bridgehead atoms. The summed E-state index contributed by atoms with van der Waals surface area (Å²) in [5.41, 5.74) is 0.182. The molecule has 1 fully saturated rings. The molecule has 0 amide bonds. The molecule has 0 saturated carbocycles. The van der Waals surface area contributed by atoms with E-state index in [0.717, 1.165) is 44.6 Å². The van der Waals surface area contributed by atoms with Crippen LogP contribution in [0.3, 0.4) is 0 Å². The average Bonchev–Trinajstić information content (AvgIpc) is 2.51. The van der Waals surface area contributed by atoms with Crippen LogP contribution in [-0.4, -0.2) is 57.4 Å². The van der Waals surface area contributed by atoms with Gasteiger partial charge in [-0.3, -0.25) is 4.99 Å². The predicted molar refractivity (Wildman–Crippen MR) is 94.5 cm³/mol. The van der Waals surface area contributed by atoms with Crippen LogP contribution in [0.5, 0.6) is 5.75 Å². The van der Waals surface area contributed by atoms with Crippen molar-refractivity contribution in [3.63, 3.8) is 0 Å². The van der Waals surface area contributed by atoms with Crippen molar-refractivity contribution in [1.82, 2.24) is 10.2 Å². The number of likely N-dealkylation sites (N-methyl/N-ethyl adjacent to an activating group) is 1. The summed E-state index contributed by atoms with van der Waals surface area (Å²) in [6.45, 7) is 8.81. The largest absolute Gasteiger partial charge is 0.492 e. The van der Waals surface area contributed by atoms with Crippen molar-refractivity contribution in [1.29, 1.82) is 0 Å². The van der Waals surface area contributed by atoms with E-state index in [0.29, 0.717) is 11.6 Å². The van der Waals surface area contributed by atoms with Crippen LogP contribution in [0.15, 0.2) is 29.3 Å². The van der Waals surface area contributed by atoms with Gasteiger partial charge in [-0.25, -0.2) is 0 Å². The molecule has 128 valence electrons. The SMILES string of the molecule is CCNC(=NCC1(C)COC1)N(C)CCOc1ccc(Cl)cc1. The Morgan fingerprint density at radius 2 is 2.09 bits per heavy atom. The van der Waals surface area contributed by atoms with Crippen LogP contribution in [-0.2, 0) is 4.74 Å². The fourth-order valence-corrected chi connectivity index (χ4v) is 2.34. The second-order valence-electron chi connectivity index (χ2n) is 6.20. The zero-order chi connectivity index (χ0) is 16.7. The minimum absolute atomic E-state index is 0.182. The lowest BCUT2D eigenvalue weighted by molar-refractivity contribution is -0.0945. The fraction of sp³-hybridized carbons (Fsp3) is 0.588. The van der Waals surface area contributed by atoms with Gasteiger partial charge >= 0.3 is 0 Å². The summed E-state index contributed by atoms with van der Waals surface area (Å²) in [6, 6.07) is 7.40. The van der Waals surface area contributed by atoms with E-state index >= 15 is 0 Å². The molecule has 23 heavy (non-hydrogen) atoms. The molecule has 1 aromatic rings. The molecule has 0 aromatic heterocycles. The Hall–Kier alpha value is -1.46. The maximum absolute atomic E-state index is 5.86. The molecule has 2 rings (SSSR count). The van der Waals surface area contributed by atoms with Crippen molar-refractivity contribution in [3.05, 3.63) is 29.3 Å². The molecule has 0 atom stereocenters. The van der Waals surface area contributed by atoms with Crippen LogP contribution in [0, 0.1) is 5.41 Å². The summed E-state index contributed by atoms with van der Waals surface area (Å²) in [4.78, 5) is 6.81. The summed E-state index contributed by atoms with van der Waals surface area (Å²) in [5, 5.41) is 4.03. The highest BCUT2D eigenvalue weighted by atomic mass is 35.5. The van der Waals surface area contributed by atoms with Gasteiger partial charge in [-0.05, 0) is 31.2 Å². The number of ether oxygens (including phenoxy) is 2. The summed E-state index contributed by atoms with van der Waals surface area (Å²) in [5.74, 6) is 1.73. The van der Waals surface area contributed by atoms with Crippen LogP contribution in [0.2, 0.25) is 5.02 Å². The number of nitrogens with one attached hydrogen (secondary N) is 1. The lowest BCUT2D eigenvalue weighted by Crippen LogP contribution is -2.45. The summed E-state index contributed by atoms with van der Waals surface area (Å²) < 4.78 is 11.0. The van der Waals surface area contributed by atoms with Gasteiger partial charge in [0, 0.05) is 24.0 Å². The zero-order valence-corrected chi connectivity index (χ0v) is 14.9. The first kappa shape index (κ1) is 17.9. The number of aliphatic imine (C=N–C) groups is 1. The van der Waals surface area contributed by atoms with Crippen LogP contribution in [0.4, 0.5) is 0 Å². The third-order valence-corrected chi connectivity index (χ3v) is 3.97. The molecule has 0 spiro atoms. The first-order valence-corrected chi connectivity index (χ1v) is 8.36. The van der Waals surface area contributed by atoms with E-state index in [1.807, 2.05) is 31.3 Å². The lowest BCUT2D eigenvalue weighted by atomic mass is 9.89. The molecule has 1 N–H and O–H groups in total. The maximum Gasteiger partial charge on any atom is 0.193 e. The first-order chi connectivity index (χ1) is 11.0. The highest BCUT2D eigenvalue weighted by Crippen LogP contribution is 2.26. The monoisotopic (exact) mass is 339 g/mol. The van der Waals surface area contributed by atoms with Gasteiger partial charge in [-0.15, -0.1) is 0 Å². The van der Waals surface area contributed by atoms with Gasteiger partial charge < -0.3 is 19.7 Å². The molecule has 0 radical (unpaired) electrons. The van der Waals surface area contributed by atoms with E-state index in [4.69, 9.17) is 26.1 Å². The molecule has 1 heterocycles. The van der Waals surface area contributed by atoms with Crippen molar-refractivity contribution in [2.75, 3.05) is 46.5 Å². The highest BCUT2D eigenvalue weighted by Gasteiger charge is 2.33. The third-order valence-electron chi connectivity index (χ3n) is 3.72. The van der Waals surface area contributed by atoms with E-state index in [1.165, 1.54) is 0 Å². The number of guanidine groups is 1. The third kappa shape index (κ3) is 5.59. The van der Waals surface area contributed by atoms with Crippen molar-refractivity contribution in [2.24, 2.45) is 10.4 Å². The van der Waals surface area contributed by atoms with Crippen molar-refractivity contribution >= 4 is 17.6 Å². The Bertz CT molecular complexity index is 515. The Kier molecular flexibility index (Phi) is 6.54. The minimum Gasteiger partial charge on any atom is -0.492 e. The Balaban J connectivity index is 1.81. The number of rotatable bonds is 7. The second kappa shape index (κ2) is 8.41. The number of benzene rings is 1. The molecule has 6 heteroatoms. The Morgan fingerprint density at radius 1 is 1.39 bits per heavy atom. The molecule has 1 aliphatic rings. The quantitative estimate of drug-likeness (QED) is 0.613. The molecule has 0 aliphatic carbocycles.